The third-order valence-corrected chi connectivity index (χ3v) is 7.00. The van der Waals surface area contributed by atoms with Crippen molar-refractivity contribution in [3.8, 4) is 0 Å². The summed E-state index contributed by atoms with van der Waals surface area (Å²) in [5.74, 6) is 0.807. The first-order chi connectivity index (χ1) is 18.8. The number of urea groups is 1. The predicted molar refractivity (Wildman–Crippen MR) is 150 cm³/mol. The average Bonchev–Trinajstić information content (AvgIpc) is 3.51. The first kappa shape index (κ1) is 26.6. The monoisotopic (exact) mass is 549 g/mol. The third kappa shape index (κ3) is 6.04. The number of aromatic nitrogens is 4. The van der Waals surface area contributed by atoms with Crippen LogP contribution in [0.3, 0.4) is 0 Å². The molecule has 3 aromatic rings. The van der Waals surface area contributed by atoms with Crippen LogP contribution in [-0.2, 0) is 24.9 Å². The Kier molecular flexibility index (Phi) is 7.80. The Morgan fingerprint density at radius 2 is 2.05 bits per heavy atom. The maximum atomic E-state index is 13.9. The van der Waals surface area contributed by atoms with Gasteiger partial charge in [0.15, 0.2) is 5.15 Å². The van der Waals surface area contributed by atoms with Crippen molar-refractivity contribution in [1.29, 1.82) is 0 Å². The molecule has 0 aliphatic carbocycles. The highest BCUT2D eigenvalue weighted by atomic mass is 35.5. The van der Waals surface area contributed by atoms with Gasteiger partial charge in [-0.15, -0.1) is 0 Å². The molecule has 3 amide bonds. The van der Waals surface area contributed by atoms with E-state index in [1.165, 1.54) is 0 Å². The molecule has 0 saturated carbocycles. The summed E-state index contributed by atoms with van der Waals surface area (Å²) in [6.45, 7) is 2.52. The lowest BCUT2D eigenvalue weighted by atomic mass is 10.1. The highest BCUT2D eigenvalue weighted by Gasteiger charge is 2.40. The standard InChI is InChI=1S/C27H32ClN9O2/c1-33(2)12-7-10-23(38)35-13-11-21(17-35)37-25-20(16-36(27(37)39)15-19-8-5-4-6-9-19)14-29-26(31-25)30-22-18-34(3)32-24(22)28/h4-10,14,18,21H,11-13,15-17H2,1-3H3,(H,29,30,31). The highest BCUT2D eigenvalue weighted by Crippen LogP contribution is 2.33. The van der Waals surface area contributed by atoms with E-state index in [2.05, 4.69) is 15.4 Å². The SMILES string of the molecule is CN(C)CC=CC(=O)N1CCC(N2C(=O)N(Cc3ccccc3)Cc3cnc(Nc4cn(C)nc4Cl)nc32)C1. The van der Waals surface area contributed by atoms with Gasteiger partial charge in [0, 0.05) is 57.3 Å². The van der Waals surface area contributed by atoms with Crippen molar-refractivity contribution < 1.29 is 9.59 Å². The quantitative estimate of drug-likeness (QED) is 0.430. The average molecular weight is 550 g/mol. The van der Waals surface area contributed by atoms with Crippen molar-refractivity contribution in [1.82, 2.24) is 34.4 Å². The number of carbonyl (C=O) groups is 2. The van der Waals surface area contributed by atoms with Crippen LogP contribution in [0.4, 0.5) is 22.2 Å². The Hall–Kier alpha value is -3.96. The van der Waals surface area contributed by atoms with Gasteiger partial charge in [-0.1, -0.05) is 48.0 Å². The number of carbonyl (C=O) groups excluding carboxylic acids is 2. The minimum atomic E-state index is -0.217. The van der Waals surface area contributed by atoms with Crippen LogP contribution in [0.25, 0.3) is 0 Å². The lowest BCUT2D eigenvalue weighted by molar-refractivity contribution is -0.125. The number of rotatable bonds is 8. The number of hydrogen-bond acceptors (Lipinski definition) is 7. The topological polar surface area (TPSA) is 103 Å². The number of nitrogens with zero attached hydrogens (tertiary/aromatic N) is 8. The molecule has 0 spiro atoms. The van der Waals surface area contributed by atoms with Crippen LogP contribution in [0, 0.1) is 0 Å². The van der Waals surface area contributed by atoms with Gasteiger partial charge in [0.2, 0.25) is 11.9 Å². The van der Waals surface area contributed by atoms with Crippen LogP contribution in [0.5, 0.6) is 0 Å². The fourth-order valence-corrected chi connectivity index (χ4v) is 5.05. The predicted octanol–water partition coefficient (Wildman–Crippen LogP) is 3.27. The zero-order valence-corrected chi connectivity index (χ0v) is 23.0. The second kappa shape index (κ2) is 11.4. The van der Waals surface area contributed by atoms with Crippen molar-refractivity contribution in [2.75, 3.05) is 43.9 Å². The molecule has 2 aromatic heterocycles. The molecule has 1 N–H and O–H groups in total. The van der Waals surface area contributed by atoms with Crippen molar-refractivity contribution >= 4 is 41.0 Å². The van der Waals surface area contributed by atoms with Crippen molar-refractivity contribution in [2.45, 2.75) is 25.6 Å². The number of amides is 3. The van der Waals surface area contributed by atoms with Crippen LogP contribution in [0.2, 0.25) is 5.15 Å². The summed E-state index contributed by atoms with van der Waals surface area (Å²) in [7, 11) is 5.68. The minimum absolute atomic E-state index is 0.0542. The van der Waals surface area contributed by atoms with E-state index in [9.17, 15) is 9.59 Å². The molecule has 1 fully saturated rings. The van der Waals surface area contributed by atoms with E-state index in [-0.39, 0.29) is 18.0 Å². The van der Waals surface area contributed by atoms with E-state index in [1.54, 1.807) is 44.9 Å². The first-order valence-electron chi connectivity index (χ1n) is 12.8. The molecule has 1 atom stereocenters. The molecule has 0 bridgehead atoms. The van der Waals surface area contributed by atoms with E-state index in [4.69, 9.17) is 16.6 Å². The lowest BCUT2D eigenvalue weighted by Crippen LogP contribution is -2.52. The molecule has 2 aliphatic rings. The van der Waals surface area contributed by atoms with Gasteiger partial charge in [0.05, 0.1) is 18.3 Å². The van der Waals surface area contributed by atoms with Gasteiger partial charge in [-0.05, 0) is 26.1 Å². The summed E-state index contributed by atoms with van der Waals surface area (Å²) in [5.41, 5.74) is 2.44. The van der Waals surface area contributed by atoms with Gasteiger partial charge in [0.25, 0.3) is 0 Å². The van der Waals surface area contributed by atoms with Crippen LogP contribution < -0.4 is 10.2 Å². The maximum Gasteiger partial charge on any atom is 0.326 e. The van der Waals surface area contributed by atoms with Gasteiger partial charge < -0.3 is 20.0 Å². The van der Waals surface area contributed by atoms with E-state index in [0.717, 1.165) is 11.1 Å². The maximum absolute atomic E-state index is 13.9. The second-order valence-electron chi connectivity index (χ2n) is 10.1. The number of likely N-dealkylation sites (tertiary alicyclic amines) is 1. The normalized spacial score (nSPS) is 17.4. The molecule has 4 heterocycles. The van der Waals surface area contributed by atoms with E-state index < -0.39 is 0 Å². The van der Waals surface area contributed by atoms with Crippen molar-refractivity contribution in [3.63, 3.8) is 0 Å². The first-order valence-corrected chi connectivity index (χ1v) is 13.2. The van der Waals surface area contributed by atoms with Crippen LogP contribution in [0.15, 0.2) is 54.9 Å². The van der Waals surface area contributed by atoms with Crippen LogP contribution in [0.1, 0.15) is 17.5 Å². The zero-order valence-electron chi connectivity index (χ0n) is 22.3. The molecular weight excluding hydrogens is 518 g/mol. The Morgan fingerprint density at radius 1 is 1.26 bits per heavy atom. The summed E-state index contributed by atoms with van der Waals surface area (Å²) < 4.78 is 1.59. The molecule has 1 saturated heterocycles. The minimum Gasteiger partial charge on any atom is -0.337 e. The number of likely N-dealkylation sites (N-methyl/N-ethyl adjacent to an activating group) is 1. The largest absolute Gasteiger partial charge is 0.337 e. The van der Waals surface area contributed by atoms with Gasteiger partial charge in [-0.25, -0.2) is 9.78 Å². The number of aryl methyl sites for hydroxylation is 1. The molecule has 1 aromatic carbocycles. The molecule has 1 unspecified atom stereocenters. The summed E-state index contributed by atoms with van der Waals surface area (Å²) in [6.07, 6.45) is 7.60. The Balaban J connectivity index is 1.42. The van der Waals surface area contributed by atoms with Crippen LogP contribution in [-0.4, -0.2) is 86.2 Å². The number of benzene rings is 1. The van der Waals surface area contributed by atoms with E-state index in [1.807, 2.05) is 55.4 Å². The van der Waals surface area contributed by atoms with Gasteiger partial charge >= 0.3 is 6.03 Å². The Bertz CT molecular complexity index is 1370. The molecular formula is C27H32ClN9O2. The molecule has 12 heteroatoms. The molecule has 39 heavy (non-hydrogen) atoms. The van der Waals surface area contributed by atoms with Crippen molar-refractivity contribution in [2.24, 2.45) is 7.05 Å². The second-order valence-corrected chi connectivity index (χ2v) is 10.4. The third-order valence-electron chi connectivity index (χ3n) is 6.73. The fraction of sp³-hybridized carbons (Fsp3) is 0.370. The van der Waals surface area contributed by atoms with Gasteiger partial charge in [-0.2, -0.15) is 10.1 Å². The molecule has 11 nitrogen and oxygen atoms in total. The highest BCUT2D eigenvalue weighted by molar-refractivity contribution is 6.32. The zero-order chi connectivity index (χ0) is 27.5. The summed E-state index contributed by atoms with van der Waals surface area (Å²) in [4.78, 5) is 43.3. The van der Waals surface area contributed by atoms with Gasteiger partial charge in [-0.3, -0.25) is 14.4 Å². The van der Waals surface area contributed by atoms with Gasteiger partial charge in [0.1, 0.15) is 5.82 Å². The number of fused-ring (bicyclic) bond motifs is 1. The van der Waals surface area contributed by atoms with E-state index in [0.29, 0.717) is 61.8 Å². The van der Waals surface area contributed by atoms with Crippen LogP contribution >= 0.6 is 11.6 Å². The number of anilines is 3. The smallest absolute Gasteiger partial charge is 0.326 e. The molecule has 204 valence electrons. The summed E-state index contributed by atoms with van der Waals surface area (Å²) >= 11 is 6.22. The Morgan fingerprint density at radius 3 is 2.77 bits per heavy atom. The molecule has 2 aliphatic heterocycles. The number of nitrogens with one attached hydrogen (secondary N) is 1. The van der Waals surface area contributed by atoms with Crippen molar-refractivity contribution in [3.05, 3.63) is 71.2 Å². The fourth-order valence-electron chi connectivity index (χ4n) is 4.84. The summed E-state index contributed by atoms with van der Waals surface area (Å²) in [6, 6.07) is 9.53. The summed E-state index contributed by atoms with van der Waals surface area (Å²) in [5, 5.41) is 7.55. The van der Waals surface area contributed by atoms with E-state index >= 15 is 0 Å². The Labute approximate surface area is 232 Å². The lowest BCUT2D eigenvalue weighted by Gasteiger charge is -2.39. The molecule has 0 radical (unpaired) electrons. The molecule has 5 rings (SSSR count). The number of hydrogen-bond donors (Lipinski definition) is 1. The number of halogens is 1.